The van der Waals surface area contributed by atoms with E-state index in [9.17, 15) is 4.79 Å². The molecule has 4 heteroatoms. The molecule has 0 saturated carbocycles. The summed E-state index contributed by atoms with van der Waals surface area (Å²) in [5.74, 6) is -1.06. The Labute approximate surface area is 63.1 Å². The summed E-state index contributed by atoms with van der Waals surface area (Å²) < 4.78 is 10.6. The van der Waals surface area contributed by atoms with Crippen LogP contribution in [0, 0.1) is 5.92 Å². The van der Waals surface area contributed by atoms with Gasteiger partial charge in [0.1, 0.15) is 18.3 Å². The maximum absolute atomic E-state index is 10.6. The highest BCUT2D eigenvalue weighted by Crippen LogP contribution is 2.50. The molecule has 4 nitrogen and oxygen atoms in total. The fraction of sp³-hybridized carbons (Fsp3) is 0.857. The maximum Gasteiger partial charge on any atom is 0.309 e. The normalized spacial score (nSPS) is 57.6. The van der Waals surface area contributed by atoms with E-state index in [0.717, 1.165) is 0 Å². The minimum atomic E-state index is -0.744. The van der Waals surface area contributed by atoms with E-state index < -0.39 is 5.97 Å². The molecule has 0 unspecified atom stereocenters. The van der Waals surface area contributed by atoms with Crippen molar-refractivity contribution in [3.63, 3.8) is 0 Å². The molecule has 3 rings (SSSR count). The van der Waals surface area contributed by atoms with Crippen molar-refractivity contribution < 1.29 is 19.4 Å². The Morgan fingerprint density at radius 1 is 1.27 bits per heavy atom. The number of epoxide rings is 1. The predicted octanol–water partition coefficient (Wildman–Crippen LogP) is -0.374. The van der Waals surface area contributed by atoms with Gasteiger partial charge in [-0.1, -0.05) is 0 Å². The van der Waals surface area contributed by atoms with E-state index in [2.05, 4.69) is 0 Å². The Kier molecular flexibility index (Phi) is 0.863. The number of ether oxygens (including phenoxy) is 2. The standard InChI is InChI=1S/C7H8O4/c8-7(9)2-1-3-5-6(11-5)4(2)10-3/h2-6H,1H2,(H,8,9)/t2-,3+,4+,5+,6-/m1/s1. The lowest BCUT2D eigenvalue weighted by Gasteiger charge is -2.10. The lowest BCUT2D eigenvalue weighted by atomic mass is 9.89. The van der Waals surface area contributed by atoms with Crippen LogP contribution in [0.3, 0.4) is 0 Å². The molecule has 3 heterocycles. The van der Waals surface area contributed by atoms with Gasteiger partial charge in [0.2, 0.25) is 0 Å². The van der Waals surface area contributed by atoms with E-state index in [1.807, 2.05) is 0 Å². The van der Waals surface area contributed by atoms with Crippen LogP contribution in [-0.4, -0.2) is 35.5 Å². The molecule has 0 amide bonds. The number of aliphatic carboxylic acids is 1. The molecular formula is C7H8O4. The molecule has 60 valence electrons. The van der Waals surface area contributed by atoms with Gasteiger partial charge in [-0.2, -0.15) is 0 Å². The Bertz CT molecular complexity index is 226. The summed E-state index contributed by atoms with van der Waals surface area (Å²) in [5.41, 5.74) is 0. The van der Waals surface area contributed by atoms with Crippen LogP contribution in [0.1, 0.15) is 6.42 Å². The average molecular weight is 156 g/mol. The van der Waals surface area contributed by atoms with Gasteiger partial charge in [0, 0.05) is 0 Å². The number of carboxylic acids is 1. The summed E-state index contributed by atoms with van der Waals surface area (Å²) in [6, 6.07) is 0. The highest BCUT2D eigenvalue weighted by Gasteiger charge is 2.66. The fourth-order valence-electron chi connectivity index (χ4n) is 2.20. The SMILES string of the molecule is O=C(O)[C@@H]1C[C@@H]2O[C@@H]1[C@H]1O[C@H]12. The summed E-state index contributed by atoms with van der Waals surface area (Å²) in [5, 5.41) is 8.74. The summed E-state index contributed by atoms with van der Waals surface area (Å²) in [6.07, 6.45) is 0.903. The Balaban J connectivity index is 1.87. The van der Waals surface area contributed by atoms with Crippen molar-refractivity contribution in [2.45, 2.75) is 30.8 Å². The Morgan fingerprint density at radius 3 is 2.64 bits per heavy atom. The van der Waals surface area contributed by atoms with Gasteiger partial charge in [-0.3, -0.25) is 4.79 Å². The minimum absolute atomic E-state index is 0.0751. The van der Waals surface area contributed by atoms with Crippen molar-refractivity contribution in [1.29, 1.82) is 0 Å². The largest absolute Gasteiger partial charge is 0.481 e. The van der Waals surface area contributed by atoms with Crippen LogP contribution < -0.4 is 0 Å². The molecule has 3 saturated heterocycles. The van der Waals surface area contributed by atoms with Gasteiger partial charge in [-0.15, -0.1) is 0 Å². The Hall–Kier alpha value is -0.610. The second-order valence-corrected chi connectivity index (χ2v) is 3.38. The highest BCUT2D eigenvalue weighted by molar-refractivity contribution is 5.72. The topological polar surface area (TPSA) is 59.1 Å². The van der Waals surface area contributed by atoms with E-state index >= 15 is 0 Å². The molecule has 11 heavy (non-hydrogen) atoms. The van der Waals surface area contributed by atoms with Crippen LogP contribution in [-0.2, 0) is 14.3 Å². The zero-order valence-electron chi connectivity index (χ0n) is 5.77. The molecule has 1 N–H and O–H groups in total. The lowest BCUT2D eigenvalue weighted by Crippen LogP contribution is -2.30. The number of carbonyl (C=O) groups is 1. The van der Waals surface area contributed by atoms with Gasteiger partial charge in [0.25, 0.3) is 0 Å². The average Bonchev–Trinajstić information content (AvgIpc) is 2.57. The molecule has 3 fully saturated rings. The quantitative estimate of drug-likeness (QED) is 0.526. The Morgan fingerprint density at radius 2 is 2.09 bits per heavy atom. The minimum Gasteiger partial charge on any atom is -0.481 e. The number of hydrogen-bond donors (Lipinski definition) is 1. The van der Waals surface area contributed by atoms with Crippen molar-refractivity contribution in [3.8, 4) is 0 Å². The first-order chi connectivity index (χ1) is 5.27. The lowest BCUT2D eigenvalue weighted by molar-refractivity contribution is -0.143. The van der Waals surface area contributed by atoms with Crippen molar-refractivity contribution in [1.82, 2.24) is 0 Å². The third kappa shape index (κ3) is 0.594. The molecular weight excluding hydrogens is 148 g/mol. The highest BCUT2D eigenvalue weighted by atomic mass is 16.7. The van der Waals surface area contributed by atoms with Gasteiger partial charge < -0.3 is 14.6 Å². The van der Waals surface area contributed by atoms with E-state index in [1.165, 1.54) is 0 Å². The number of fused-ring (bicyclic) bond motifs is 5. The van der Waals surface area contributed by atoms with Crippen LogP contribution in [0.15, 0.2) is 0 Å². The molecule has 3 aliphatic heterocycles. The molecule has 5 atom stereocenters. The van der Waals surface area contributed by atoms with Crippen LogP contribution >= 0.6 is 0 Å². The number of hydrogen-bond acceptors (Lipinski definition) is 3. The molecule has 3 aliphatic rings. The smallest absolute Gasteiger partial charge is 0.309 e. The number of rotatable bonds is 1. The number of carboxylic acid groups (broad SMARTS) is 1. The van der Waals surface area contributed by atoms with E-state index in [0.29, 0.717) is 6.42 Å². The van der Waals surface area contributed by atoms with Gasteiger partial charge in [0.15, 0.2) is 0 Å². The molecule has 0 radical (unpaired) electrons. The van der Waals surface area contributed by atoms with Gasteiger partial charge in [-0.25, -0.2) is 0 Å². The molecule has 0 spiro atoms. The van der Waals surface area contributed by atoms with Gasteiger partial charge >= 0.3 is 5.97 Å². The first-order valence-electron chi connectivity index (χ1n) is 3.81. The van der Waals surface area contributed by atoms with Crippen LogP contribution in [0.4, 0.5) is 0 Å². The summed E-state index contributed by atoms with van der Waals surface area (Å²) >= 11 is 0. The monoisotopic (exact) mass is 156 g/mol. The first-order valence-corrected chi connectivity index (χ1v) is 3.81. The first kappa shape index (κ1) is 5.97. The zero-order chi connectivity index (χ0) is 7.59. The summed E-state index contributed by atoms with van der Waals surface area (Å²) in [7, 11) is 0. The molecule has 0 aliphatic carbocycles. The van der Waals surface area contributed by atoms with Crippen LogP contribution in [0.5, 0.6) is 0 Å². The van der Waals surface area contributed by atoms with Gasteiger partial charge in [-0.05, 0) is 6.42 Å². The fourth-order valence-corrected chi connectivity index (χ4v) is 2.20. The second-order valence-electron chi connectivity index (χ2n) is 3.38. The zero-order valence-corrected chi connectivity index (χ0v) is 5.77. The third-order valence-corrected chi connectivity index (χ3v) is 2.78. The maximum atomic E-state index is 10.6. The van der Waals surface area contributed by atoms with Crippen molar-refractivity contribution in [2.75, 3.05) is 0 Å². The van der Waals surface area contributed by atoms with Crippen LogP contribution in [0.25, 0.3) is 0 Å². The van der Waals surface area contributed by atoms with E-state index in [-0.39, 0.29) is 30.3 Å². The van der Waals surface area contributed by atoms with Gasteiger partial charge in [0.05, 0.1) is 12.0 Å². The van der Waals surface area contributed by atoms with Crippen molar-refractivity contribution in [3.05, 3.63) is 0 Å². The molecule has 0 aromatic heterocycles. The summed E-state index contributed by atoms with van der Waals surface area (Å²) in [4.78, 5) is 10.6. The molecule has 2 bridgehead atoms. The second kappa shape index (κ2) is 1.59. The molecule has 0 aromatic carbocycles. The van der Waals surface area contributed by atoms with Crippen molar-refractivity contribution in [2.24, 2.45) is 5.92 Å². The predicted molar refractivity (Wildman–Crippen MR) is 33.1 cm³/mol. The third-order valence-electron chi connectivity index (χ3n) is 2.78. The van der Waals surface area contributed by atoms with E-state index in [1.54, 1.807) is 0 Å². The van der Waals surface area contributed by atoms with E-state index in [4.69, 9.17) is 14.6 Å². The molecule has 0 aromatic rings. The summed E-state index contributed by atoms with van der Waals surface area (Å²) in [6.45, 7) is 0. The van der Waals surface area contributed by atoms with Crippen molar-refractivity contribution >= 4 is 5.97 Å². The van der Waals surface area contributed by atoms with Crippen LogP contribution in [0.2, 0.25) is 0 Å².